The van der Waals surface area contributed by atoms with Gasteiger partial charge in [0, 0.05) is 11.6 Å². The molecule has 1 fully saturated rings. The van der Waals surface area contributed by atoms with E-state index < -0.39 is 6.61 Å². The Labute approximate surface area is 117 Å². The molecule has 0 saturated heterocycles. The molecule has 1 N–H and O–H groups in total. The molecule has 1 aromatic rings. The van der Waals surface area contributed by atoms with Gasteiger partial charge in [0.1, 0.15) is 5.75 Å². The Balaban J connectivity index is 1.95. The van der Waals surface area contributed by atoms with Crippen LogP contribution >= 0.6 is 0 Å². The van der Waals surface area contributed by atoms with Gasteiger partial charge in [-0.3, -0.25) is 4.79 Å². The van der Waals surface area contributed by atoms with Crippen LogP contribution in [0.25, 0.3) is 0 Å². The zero-order chi connectivity index (χ0) is 14.5. The molecule has 20 heavy (non-hydrogen) atoms. The van der Waals surface area contributed by atoms with Crippen LogP contribution in [0.3, 0.4) is 0 Å². The summed E-state index contributed by atoms with van der Waals surface area (Å²) in [7, 11) is 0. The zero-order valence-corrected chi connectivity index (χ0v) is 11.4. The van der Waals surface area contributed by atoms with E-state index in [4.69, 9.17) is 0 Å². The number of hydrogen-bond acceptors (Lipinski definition) is 2. The summed E-state index contributed by atoms with van der Waals surface area (Å²) in [5, 5.41) is 2.95. The van der Waals surface area contributed by atoms with Crippen molar-refractivity contribution in [3.63, 3.8) is 0 Å². The smallest absolute Gasteiger partial charge is 0.387 e. The second-order valence-electron chi connectivity index (χ2n) is 5.34. The summed E-state index contributed by atoms with van der Waals surface area (Å²) in [5.41, 5.74) is 0.349. The van der Waals surface area contributed by atoms with Crippen LogP contribution in [0.2, 0.25) is 0 Å². The molecule has 1 aromatic carbocycles. The van der Waals surface area contributed by atoms with Crippen molar-refractivity contribution in [2.75, 3.05) is 0 Å². The third-order valence-electron chi connectivity index (χ3n) is 3.67. The molecule has 3 nitrogen and oxygen atoms in total. The number of alkyl halides is 2. The standard InChI is InChI=1S/C15H19F2NO2/c1-10-5-7-12(8-6-10)18-14(19)11-3-2-4-13(9-11)20-15(16)17/h2-4,9-10,12,15H,5-8H2,1H3,(H,18,19). The van der Waals surface area contributed by atoms with Crippen molar-refractivity contribution in [1.29, 1.82) is 0 Å². The molecule has 0 bridgehead atoms. The van der Waals surface area contributed by atoms with Crippen molar-refractivity contribution in [2.24, 2.45) is 5.92 Å². The molecule has 5 heteroatoms. The first kappa shape index (κ1) is 14.8. The number of ether oxygens (including phenoxy) is 1. The fraction of sp³-hybridized carbons (Fsp3) is 0.533. The minimum absolute atomic E-state index is 0.00455. The quantitative estimate of drug-likeness (QED) is 0.917. The molecule has 0 atom stereocenters. The van der Waals surface area contributed by atoms with Crippen molar-refractivity contribution >= 4 is 5.91 Å². The molecule has 0 spiro atoms. The van der Waals surface area contributed by atoms with Gasteiger partial charge in [-0.15, -0.1) is 0 Å². The second-order valence-corrected chi connectivity index (χ2v) is 5.34. The van der Waals surface area contributed by atoms with Gasteiger partial charge in [0.2, 0.25) is 0 Å². The van der Waals surface area contributed by atoms with Gasteiger partial charge >= 0.3 is 6.61 Å². The summed E-state index contributed by atoms with van der Waals surface area (Å²) >= 11 is 0. The Hall–Kier alpha value is -1.65. The number of halogens is 2. The lowest BCUT2D eigenvalue weighted by molar-refractivity contribution is -0.0498. The van der Waals surface area contributed by atoms with Crippen LogP contribution in [0, 0.1) is 5.92 Å². The molecule has 2 rings (SSSR count). The molecule has 1 amide bonds. The first-order valence-corrected chi connectivity index (χ1v) is 6.90. The summed E-state index contributed by atoms with van der Waals surface area (Å²) in [6.45, 7) is -0.670. The molecule has 1 aliphatic rings. The van der Waals surface area contributed by atoms with Gasteiger partial charge in [-0.1, -0.05) is 13.0 Å². The molecule has 0 aliphatic heterocycles. The fourth-order valence-corrected chi connectivity index (χ4v) is 2.49. The van der Waals surface area contributed by atoms with E-state index in [0.717, 1.165) is 25.7 Å². The molecular weight excluding hydrogens is 264 g/mol. The number of carbonyl (C=O) groups is 1. The molecule has 1 saturated carbocycles. The fourth-order valence-electron chi connectivity index (χ4n) is 2.49. The lowest BCUT2D eigenvalue weighted by Gasteiger charge is -2.26. The van der Waals surface area contributed by atoms with E-state index in [1.54, 1.807) is 6.07 Å². The molecular formula is C15H19F2NO2. The first-order valence-electron chi connectivity index (χ1n) is 6.90. The maximum absolute atomic E-state index is 12.1. The Morgan fingerprint density at radius 2 is 2.00 bits per heavy atom. The highest BCUT2D eigenvalue weighted by Crippen LogP contribution is 2.24. The Kier molecular flexibility index (Phi) is 4.93. The highest BCUT2D eigenvalue weighted by atomic mass is 19.3. The number of amides is 1. The zero-order valence-electron chi connectivity index (χ0n) is 11.4. The van der Waals surface area contributed by atoms with Crippen molar-refractivity contribution in [3.05, 3.63) is 29.8 Å². The molecule has 0 heterocycles. The maximum atomic E-state index is 12.1. The Bertz CT molecular complexity index is 457. The largest absolute Gasteiger partial charge is 0.435 e. The predicted octanol–water partition coefficient (Wildman–Crippen LogP) is 3.60. The van der Waals surface area contributed by atoms with Crippen LogP contribution in [0.1, 0.15) is 43.0 Å². The number of hydrogen-bond donors (Lipinski definition) is 1. The number of benzene rings is 1. The minimum Gasteiger partial charge on any atom is -0.435 e. The molecule has 0 radical (unpaired) electrons. The summed E-state index contributed by atoms with van der Waals surface area (Å²) in [4.78, 5) is 12.1. The van der Waals surface area contributed by atoms with Crippen LogP contribution in [0.15, 0.2) is 24.3 Å². The van der Waals surface area contributed by atoms with E-state index in [0.29, 0.717) is 11.5 Å². The van der Waals surface area contributed by atoms with Crippen LogP contribution in [-0.2, 0) is 0 Å². The monoisotopic (exact) mass is 283 g/mol. The number of rotatable bonds is 4. The molecule has 1 aliphatic carbocycles. The second kappa shape index (κ2) is 6.68. The number of carbonyl (C=O) groups excluding carboxylic acids is 1. The van der Waals surface area contributed by atoms with E-state index in [-0.39, 0.29) is 17.7 Å². The molecule has 0 aromatic heterocycles. The maximum Gasteiger partial charge on any atom is 0.387 e. The van der Waals surface area contributed by atoms with Crippen LogP contribution in [0.4, 0.5) is 8.78 Å². The SMILES string of the molecule is CC1CCC(NC(=O)c2cccc(OC(F)F)c2)CC1. The summed E-state index contributed by atoms with van der Waals surface area (Å²) in [6.07, 6.45) is 4.17. The van der Waals surface area contributed by atoms with Gasteiger partial charge in [-0.05, 0) is 49.8 Å². The van der Waals surface area contributed by atoms with Crippen molar-refractivity contribution in [1.82, 2.24) is 5.32 Å². The Morgan fingerprint density at radius 3 is 2.65 bits per heavy atom. The van der Waals surface area contributed by atoms with Gasteiger partial charge in [0.05, 0.1) is 0 Å². The van der Waals surface area contributed by atoms with Crippen LogP contribution in [-0.4, -0.2) is 18.6 Å². The van der Waals surface area contributed by atoms with Gasteiger partial charge in [0.15, 0.2) is 0 Å². The van der Waals surface area contributed by atoms with Crippen LogP contribution < -0.4 is 10.1 Å². The summed E-state index contributed by atoms with van der Waals surface area (Å²) in [5.74, 6) is 0.486. The highest BCUT2D eigenvalue weighted by Gasteiger charge is 2.20. The Morgan fingerprint density at radius 1 is 1.30 bits per heavy atom. The van der Waals surface area contributed by atoms with E-state index in [9.17, 15) is 13.6 Å². The predicted molar refractivity (Wildman–Crippen MR) is 72.0 cm³/mol. The molecule has 110 valence electrons. The topological polar surface area (TPSA) is 38.3 Å². The first-order chi connectivity index (χ1) is 9.54. The minimum atomic E-state index is -2.88. The van der Waals surface area contributed by atoms with Gasteiger partial charge in [-0.25, -0.2) is 0 Å². The normalized spacial score (nSPS) is 22.6. The van der Waals surface area contributed by atoms with E-state index in [1.165, 1.54) is 18.2 Å². The summed E-state index contributed by atoms with van der Waals surface area (Å²) < 4.78 is 28.6. The average Bonchev–Trinajstić information content (AvgIpc) is 2.41. The number of nitrogens with one attached hydrogen (secondary N) is 1. The van der Waals surface area contributed by atoms with Crippen LogP contribution in [0.5, 0.6) is 5.75 Å². The van der Waals surface area contributed by atoms with Gasteiger partial charge < -0.3 is 10.1 Å². The lowest BCUT2D eigenvalue weighted by atomic mass is 9.87. The molecule has 0 unspecified atom stereocenters. The van der Waals surface area contributed by atoms with Crippen molar-refractivity contribution < 1.29 is 18.3 Å². The van der Waals surface area contributed by atoms with E-state index in [1.807, 2.05) is 0 Å². The third kappa shape index (κ3) is 4.18. The van der Waals surface area contributed by atoms with Gasteiger partial charge in [-0.2, -0.15) is 8.78 Å². The lowest BCUT2D eigenvalue weighted by Crippen LogP contribution is -2.37. The van der Waals surface area contributed by atoms with Gasteiger partial charge in [0.25, 0.3) is 5.91 Å². The average molecular weight is 283 g/mol. The van der Waals surface area contributed by atoms with E-state index >= 15 is 0 Å². The van der Waals surface area contributed by atoms with Crippen molar-refractivity contribution in [3.8, 4) is 5.75 Å². The third-order valence-corrected chi connectivity index (χ3v) is 3.67. The van der Waals surface area contributed by atoms with E-state index in [2.05, 4.69) is 17.0 Å². The van der Waals surface area contributed by atoms with Crippen molar-refractivity contribution in [2.45, 2.75) is 45.3 Å². The summed E-state index contributed by atoms with van der Waals surface area (Å²) in [6, 6.07) is 6.06. The highest BCUT2D eigenvalue weighted by molar-refractivity contribution is 5.94.